The molecular weight excluding hydrogens is 344 g/mol. The lowest BCUT2D eigenvalue weighted by Crippen LogP contribution is -2.14. The van der Waals surface area contributed by atoms with E-state index in [4.69, 9.17) is 15.0 Å². The van der Waals surface area contributed by atoms with E-state index in [-0.39, 0.29) is 16.3 Å². The van der Waals surface area contributed by atoms with Gasteiger partial charge in [0, 0.05) is 0 Å². The minimum absolute atomic E-state index is 0.181. The molecule has 0 aliphatic heterocycles. The molecule has 8 nitrogen and oxygen atoms in total. The molecule has 0 aliphatic carbocycles. The van der Waals surface area contributed by atoms with Crippen LogP contribution in [-0.2, 0) is 20.1 Å². The summed E-state index contributed by atoms with van der Waals surface area (Å²) in [5.41, 5.74) is 6.12. The Balaban J connectivity index is 2.38. The van der Waals surface area contributed by atoms with Crippen LogP contribution in [-0.4, -0.2) is 28.5 Å². The lowest BCUT2D eigenvalue weighted by molar-refractivity contribution is 0.417. The molecule has 2 aromatic carbocycles. The first-order chi connectivity index (χ1) is 10.6. The van der Waals surface area contributed by atoms with E-state index in [2.05, 4.69) is 4.72 Å². The van der Waals surface area contributed by atoms with Gasteiger partial charge in [-0.1, -0.05) is 6.07 Å². The standard InChI is InChI=1S/C13H14N2O6S2/c1-21-13-6-5-9(7-12(13)14)15-22(16,17)10-3-2-4-11(8-10)23(18,19)20/h2-8,15H,14H2,1H3,(H,18,19,20). The number of nitrogens with two attached hydrogens (primary N) is 1. The Labute approximate surface area is 133 Å². The SMILES string of the molecule is COc1ccc(NS(=O)(=O)c2cccc(S(=O)(=O)O)c2)cc1N. The lowest BCUT2D eigenvalue weighted by Gasteiger charge is -2.11. The van der Waals surface area contributed by atoms with Gasteiger partial charge < -0.3 is 10.5 Å². The molecule has 0 unspecified atom stereocenters. The third-order valence-corrected chi connectivity index (χ3v) is 5.12. The summed E-state index contributed by atoms with van der Waals surface area (Å²) in [5, 5.41) is 0. The Bertz CT molecular complexity index is 939. The topological polar surface area (TPSA) is 136 Å². The van der Waals surface area contributed by atoms with Gasteiger partial charge in [0.1, 0.15) is 5.75 Å². The maximum Gasteiger partial charge on any atom is 0.294 e. The molecule has 0 bridgehead atoms. The van der Waals surface area contributed by atoms with Crippen LogP contribution in [0.5, 0.6) is 5.75 Å². The first-order valence-electron chi connectivity index (χ1n) is 6.17. The molecule has 2 aromatic rings. The van der Waals surface area contributed by atoms with Crippen molar-refractivity contribution in [1.29, 1.82) is 0 Å². The first-order valence-corrected chi connectivity index (χ1v) is 9.10. The third-order valence-electron chi connectivity index (χ3n) is 2.90. The molecule has 0 heterocycles. The molecule has 0 radical (unpaired) electrons. The Kier molecular flexibility index (Phi) is 4.50. The van der Waals surface area contributed by atoms with Crippen molar-refractivity contribution in [2.45, 2.75) is 9.79 Å². The molecule has 0 aliphatic rings. The van der Waals surface area contributed by atoms with Crippen molar-refractivity contribution in [2.75, 3.05) is 17.6 Å². The van der Waals surface area contributed by atoms with Crippen LogP contribution in [0.15, 0.2) is 52.3 Å². The minimum atomic E-state index is -4.50. The zero-order chi connectivity index (χ0) is 17.3. The first kappa shape index (κ1) is 17.1. The number of nitrogen functional groups attached to an aromatic ring is 1. The van der Waals surface area contributed by atoms with Crippen molar-refractivity contribution in [3.8, 4) is 5.75 Å². The molecule has 23 heavy (non-hydrogen) atoms. The van der Waals surface area contributed by atoms with E-state index >= 15 is 0 Å². The number of ether oxygens (including phenoxy) is 1. The van der Waals surface area contributed by atoms with Gasteiger partial charge in [-0.25, -0.2) is 8.42 Å². The average Bonchev–Trinajstić information content (AvgIpc) is 2.46. The summed E-state index contributed by atoms with van der Waals surface area (Å²) >= 11 is 0. The highest BCUT2D eigenvalue weighted by Crippen LogP contribution is 2.26. The number of methoxy groups -OCH3 is 1. The number of nitrogens with one attached hydrogen (secondary N) is 1. The van der Waals surface area contributed by atoms with Crippen molar-refractivity contribution in [3.05, 3.63) is 42.5 Å². The largest absolute Gasteiger partial charge is 0.495 e. The summed E-state index contributed by atoms with van der Waals surface area (Å²) in [6.45, 7) is 0. The van der Waals surface area contributed by atoms with Crippen LogP contribution in [0.4, 0.5) is 11.4 Å². The van der Waals surface area contributed by atoms with Gasteiger partial charge in [0.2, 0.25) is 0 Å². The molecule has 0 atom stereocenters. The monoisotopic (exact) mass is 358 g/mol. The van der Waals surface area contributed by atoms with E-state index in [1.807, 2.05) is 0 Å². The van der Waals surface area contributed by atoms with Gasteiger partial charge in [-0.2, -0.15) is 8.42 Å². The smallest absolute Gasteiger partial charge is 0.294 e. The second-order valence-electron chi connectivity index (χ2n) is 4.51. The van der Waals surface area contributed by atoms with Gasteiger partial charge in [0.15, 0.2) is 0 Å². The van der Waals surface area contributed by atoms with Gasteiger partial charge in [-0.15, -0.1) is 0 Å². The van der Waals surface area contributed by atoms with E-state index in [9.17, 15) is 16.8 Å². The van der Waals surface area contributed by atoms with Crippen LogP contribution in [0.3, 0.4) is 0 Å². The van der Waals surface area contributed by atoms with Gasteiger partial charge in [-0.3, -0.25) is 9.27 Å². The minimum Gasteiger partial charge on any atom is -0.495 e. The molecule has 0 spiro atoms. The second-order valence-corrected chi connectivity index (χ2v) is 7.62. The van der Waals surface area contributed by atoms with Crippen molar-refractivity contribution in [3.63, 3.8) is 0 Å². The van der Waals surface area contributed by atoms with Crippen molar-refractivity contribution in [1.82, 2.24) is 0 Å². The summed E-state index contributed by atoms with van der Waals surface area (Å²) in [4.78, 5) is -0.836. The van der Waals surface area contributed by atoms with Crippen LogP contribution in [0.1, 0.15) is 0 Å². The summed E-state index contributed by atoms with van der Waals surface area (Å²) in [5.74, 6) is 0.390. The fourth-order valence-electron chi connectivity index (χ4n) is 1.81. The average molecular weight is 358 g/mol. The highest BCUT2D eigenvalue weighted by molar-refractivity contribution is 7.92. The zero-order valence-electron chi connectivity index (χ0n) is 11.9. The number of sulfonamides is 1. The van der Waals surface area contributed by atoms with Crippen LogP contribution >= 0.6 is 0 Å². The number of benzene rings is 2. The Morgan fingerprint density at radius 1 is 1.04 bits per heavy atom. The molecule has 0 aromatic heterocycles. The molecule has 0 saturated carbocycles. The molecule has 0 amide bonds. The predicted octanol–water partition coefficient (Wildman–Crippen LogP) is 1.32. The molecule has 124 valence electrons. The van der Waals surface area contributed by atoms with Crippen LogP contribution < -0.4 is 15.2 Å². The highest BCUT2D eigenvalue weighted by Gasteiger charge is 2.18. The van der Waals surface area contributed by atoms with E-state index < -0.39 is 25.0 Å². The molecular formula is C13H14N2O6S2. The van der Waals surface area contributed by atoms with Crippen molar-refractivity contribution >= 4 is 31.5 Å². The third kappa shape index (κ3) is 3.92. The summed E-state index contributed by atoms with van der Waals surface area (Å²) in [7, 11) is -7.13. The number of hydrogen-bond acceptors (Lipinski definition) is 6. The zero-order valence-corrected chi connectivity index (χ0v) is 13.6. The lowest BCUT2D eigenvalue weighted by atomic mass is 10.2. The van der Waals surface area contributed by atoms with Crippen LogP contribution in [0, 0.1) is 0 Å². The summed E-state index contributed by atoms with van der Waals surface area (Å²) < 4.78 is 63.0. The van der Waals surface area contributed by atoms with Crippen LogP contribution in [0.2, 0.25) is 0 Å². The van der Waals surface area contributed by atoms with Gasteiger partial charge in [0.05, 0.1) is 28.3 Å². The van der Waals surface area contributed by atoms with E-state index in [1.54, 1.807) is 0 Å². The molecule has 4 N–H and O–H groups in total. The second kappa shape index (κ2) is 6.07. The number of anilines is 2. The maximum atomic E-state index is 12.3. The van der Waals surface area contributed by atoms with Crippen molar-refractivity contribution < 1.29 is 26.1 Å². The van der Waals surface area contributed by atoms with E-state index in [0.29, 0.717) is 5.75 Å². The fraction of sp³-hybridized carbons (Fsp3) is 0.0769. The summed E-state index contributed by atoms with van der Waals surface area (Å²) in [6.07, 6.45) is 0. The molecule has 0 fully saturated rings. The van der Waals surface area contributed by atoms with Crippen LogP contribution in [0.25, 0.3) is 0 Å². The summed E-state index contributed by atoms with van der Waals surface area (Å²) in [6, 6.07) is 8.64. The van der Waals surface area contributed by atoms with Gasteiger partial charge >= 0.3 is 0 Å². The number of hydrogen-bond donors (Lipinski definition) is 3. The molecule has 10 heteroatoms. The Morgan fingerprint density at radius 3 is 2.26 bits per heavy atom. The Morgan fingerprint density at radius 2 is 1.70 bits per heavy atom. The maximum absolute atomic E-state index is 12.3. The van der Waals surface area contributed by atoms with Gasteiger partial charge in [-0.05, 0) is 36.4 Å². The molecule has 2 rings (SSSR count). The normalized spacial score (nSPS) is 11.9. The van der Waals surface area contributed by atoms with Crippen molar-refractivity contribution in [2.24, 2.45) is 0 Å². The number of rotatable bonds is 5. The van der Waals surface area contributed by atoms with E-state index in [1.165, 1.54) is 37.4 Å². The van der Waals surface area contributed by atoms with E-state index in [0.717, 1.165) is 12.1 Å². The Hall–Kier alpha value is -2.30. The fourth-order valence-corrected chi connectivity index (χ4v) is 3.51. The van der Waals surface area contributed by atoms with Gasteiger partial charge in [0.25, 0.3) is 20.1 Å². The predicted molar refractivity (Wildman–Crippen MR) is 84.5 cm³/mol. The highest BCUT2D eigenvalue weighted by atomic mass is 32.2. The quantitative estimate of drug-likeness (QED) is 0.542. The molecule has 0 saturated heterocycles.